The number of fused-ring (bicyclic) bond motifs is 1. The fourth-order valence-corrected chi connectivity index (χ4v) is 5.12. The Morgan fingerprint density at radius 1 is 0.871 bits per heavy atom. The number of hydrogen-bond donors (Lipinski definition) is 0. The maximum Gasteiger partial charge on any atom is 0.253 e. The van der Waals surface area contributed by atoms with Crippen molar-refractivity contribution in [3.8, 4) is 0 Å². The third-order valence-electron chi connectivity index (χ3n) is 6.75. The van der Waals surface area contributed by atoms with E-state index in [1.807, 2.05) is 11.0 Å². The van der Waals surface area contributed by atoms with E-state index in [4.69, 9.17) is 0 Å². The number of likely N-dealkylation sites (tertiary alicyclic amines) is 1. The average Bonchev–Trinajstić information content (AvgIpc) is 3.23. The zero-order chi connectivity index (χ0) is 21.2. The predicted molar refractivity (Wildman–Crippen MR) is 120 cm³/mol. The van der Waals surface area contributed by atoms with Crippen LogP contribution in [-0.2, 0) is 13.0 Å². The largest absolute Gasteiger partial charge is 0.338 e. The Kier molecular flexibility index (Phi) is 5.56. The van der Waals surface area contributed by atoms with E-state index in [1.54, 1.807) is 12.1 Å². The summed E-state index contributed by atoms with van der Waals surface area (Å²) in [5.74, 6) is 0.357. The van der Waals surface area contributed by atoms with Crippen LogP contribution in [-0.4, -0.2) is 41.9 Å². The van der Waals surface area contributed by atoms with Gasteiger partial charge < -0.3 is 4.90 Å². The van der Waals surface area contributed by atoms with Gasteiger partial charge in [-0.3, -0.25) is 9.69 Å². The van der Waals surface area contributed by atoms with E-state index in [0.717, 1.165) is 32.6 Å². The first-order valence-electron chi connectivity index (χ1n) is 11.1. The normalized spacial score (nSPS) is 21.1. The van der Waals surface area contributed by atoms with Crippen molar-refractivity contribution in [1.82, 2.24) is 9.80 Å². The summed E-state index contributed by atoms with van der Waals surface area (Å²) in [6.45, 7) is 4.44. The molecule has 0 radical (unpaired) electrons. The molecular formula is C27H27FN2O. The lowest BCUT2D eigenvalue weighted by atomic mass is 9.88. The van der Waals surface area contributed by atoms with Gasteiger partial charge in [0.15, 0.2) is 0 Å². The predicted octanol–water partition coefficient (Wildman–Crippen LogP) is 4.74. The van der Waals surface area contributed by atoms with Crippen molar-refractivity contribution in [2.45, 2.75) is 18.9 Å². The highest BCUT2D eigenvalue weighted by Gasteiger charge is 2.37. The van der Waals surface area contributed by atoms with Gasteiger partial charge in [-0.2, -0.15) is 0 Å². The molecule has 5 rings (SSSR count). The minimum atomic E-state index is -0.316. The molecule has 4 heteroatoms. The number of carbonyl (C=O) groups is 1. The molecular weight excluding hydrogens is 387 g/mol. The number of nitrogens with zero attached hydrogens (tertiary/aromatic N) is 2. The van der Waals surface area contributed by atoms with Gasteiger partial charge in [-0.05, 0) is 53.3 Å². The molecule has 2 aliphatic heterocycles. The van der Waals surface area contributed by atoms with Gasteiger partial charge in [0, 0.05) is 44.2 Å². The van der Waals surface area contributed by atoms with E-state index >= 15 is 0 Å². The minimum absolute atomic E-state index is 0.00702. The molecule has 2 atom stereocenters. The van der Waals surface area contributed by atoms with E-state index in [0.29, 0.717) is 23.9 Å². The molecule has 1 amide bonds. The van der Waals surface area contributed by atoms with Crippen LogP contribution in [0.1, 0.15) is 33.0 Å². The Bertz CT molecular complexity index is 1050. The molecule has 2 aliphatic rings. The molecule has 158 valence electrons. The van der Waals surface area contributed by atoms with Crippen molar-refractivity contribution in [1.29, 1.82) is 0 Å². The summed E-state index contributed by atoms with van der Waals surface area (Å²) in [5, 5.41) is 0. The second-order valence-corrected chi connectivity index (χ2v) is 8.75. The molecule has 2 unspecified atom stereocenters. The first kappa shape index (κ1) is 20.0. The van der Waals surface area contributed by atoms with Gasteiger partial charge in [0.25, 0.3) is 5.91 Å². The van der Waals surface area contributed by atoms with Crippen LogP contribution in [0.4, 0.5) is 4.39 Å². The van der Waals surface area contributed by atoms with Crippen molar-refractivity contribution in [3.63, 3.8) is 0 Å². The molecule has 0 aliphatic carbocycles. The second-order valence-electron chi connectivity index (χ2n) is 8.75. The smallest absolute Gasteiger partial charge is 0.253 e. The lowest BCUT2D eigenvalue weighted by molar-refractivity contribution is 0.0782. The molecule has 0 bridgehead atoms. The third-order valence-corrected chi connectivity index (χ3v) is 6.75. The highest BCUT2D eigenvalue weighted by atomic mass is 19.1. The Morgan fingerprint density at radius 2 is 1.58 bits per heavy atom. The number of carbonyl (C=O) groups excluding carboxylic acids is 1. The number of benzene rings is 3. The molecule has 2 heterocycles. The fourth-order valence-electron chi connectivity index (χ4n) is 5.12. The zero-order valence-electron chi connectivity index (χ0n) is 17.6. The Morgan fingerprint density at radius 3 is 2.35 bits per heavy atom. The highest BCUT2D eigenvalue weighted by molar-refractivity contribution is 5.94. The lowest BCUT2D eigenvalue weighted by Gasteiger charge is -2.32. The standard InChI is InChI=1S/C27H27FN2O/c28-25-12-10-22(11-13-25)27(31)30-18-24(26(19-30)21-7-2-1-3-8-21)17-29-15-14-20-6-4-5-9-23(20)16-29/h1-13,24,26H,14-19H2. The van der Waals surface area contributed by atoms with Crippen LogP contribution in [0.3, 0.4) is 0 Å². The Balaban J connectivity index is 1.35. The van der Waals surface area contributed by atoms with E-state index < -0.39 is 0 Å². The van der Waals surface area contributed by atoms with E-state index in [2.05, 4.69) is 53.4 Å². The third kappa shape index (κ3) is 4.26. The van der Waals surface area contributed by atoms with E-state index in [9.17, 15) is 9.18 Å². The van der Waals surface area contributed by atoms with Gasteiger partial charge in [0.1, 0.15) is 5.82 Å². The molecule has 0 N–H and O–H groups in total. The summed E-state index contributed by atoms with van der Waals surface area (Å²) in [6, 6.07) is 25.1. The molecule has 0 spiro atoms. The average molecular weight is 415 g/mol. The Hall–Kier alpha value is -2.98. The molecule has 0 aromatic heterocycles. The second kappa shape index (κ2) is 8.64. The van der Waals surface area contributed by atoms with Crippen molar-refractivity contribution in [2.75, 3.05) is 26.2 Å². The summed E-state index contributed by atoms with van der Waals surface area (Å²) < 4.78 is 13.3. The van der Waals surface area contributed by atoms with Crippen molar-refractivity contribution in [3.05, 3.63) is 107 Å². The van der Waals surface area contributed by atoms with Gasteiger partial charge in [0.05, 0.1) is 0 Å². The first-order chi connectivity index (χ1) is 15.2. The highest BCUT2D eigenvalue weighted by Crippen LogP contribution is 2.35. The van der Waals surface area contributed by atoms with Crippen molar-refractivity contribution >= 4 is 5.91 Å². The van der Waals surface area contributed by atoms with Gasteiger partial charge in [-0.1, -0.05) is 54.6 Å². The minimum Gasteiger partial charge on any atom is -0.338 e. The molecule has 3 aromatic rings. The van der Waals surface area contributed by atoms with Gasteiger partial charge in [-0.25, -0.2) is 4.39 Å². The van der Waals surface area contributed by atoms with Crippen molar-refractivity contribution < 1.29 is 9.18 Å². The molecule has 3 nitrogen and oxygen atoms in total. The monoisotopic (exact) mass is 414 g/mol. The zero-order valence-corrected chi connectivity index (χ0v) is 17.6. The lowest BCUT2D eigenvalue weighted by Crippen LogP contribution is -2.37. The van der Waals surface area contributed by atoms with E-state index in [-0.39, 0.29) is 11.7 Å². The summed E-state index contributed by atoms with van der Waals surface area (Å²) in [5.41, 5.74) is 4.72. The SMILES string of the molecule is O=C(c1ccc(F)cc1)N1CC(CN2CCc3ccccc3C2)C(c2ccccc2)C1. The topological polar surface area (TPSA) is 23.6 Å². The van der Waals surface area contributed by atoms with Crippen LogP contribution in [0.15, 0.2) is 78.9 Å². The van der Waals surface area contributed by atoms with E-state index in [1.165, 1.54) is 28.8 Å². The van der Waals surface area contributed by atoms with Crippen LogP contribution < -0.4 is 0 Å². The summed E-state index contributed by atoms with van der Waals surface area (Å²) >= 11 is 0. The molecule has 0 saturated carbocycles. The van der Waals surface area contributed by atoms with Crippen LogP contribution in [0, 0.1) is 11.7 Å². The maximum absolute atomic E-state index is 13.3. The van der Waals surface area contributed by atoms with Crippen LogP contribution in [0.2, 0.25) is 0 Å². The molecule has 3 aromatic carbocycles. The van der Waals surface area contributed by atoms with Crippen molar-refractivity contribution in [2.24, 2.45) is 5.92 Å². The summed E-state index contributed by atoms with van der Waals surface area (Å²) in [4.78, 5) is 17.6. The number of amides is 1. The molecule has 1 fully saturated rings. The van der Waals surface area contributed by atoms with Gasteiger partial charge in [0.2, 0.25) is 0 Å². The fraction of sp³-hybridized carbons (Fsp3) is 0.296. The van der Waals surface area contributed by atoms with Crippen LogP contribution in [0.25, 0.3) is 0 Å². The number of rotatable bonds is 4. The first-order valence-corrected chi connectivity index (χ1v) is 11.1. The van der Waals surface area contributed by atoms with Crippen LogP contribution >= 0.6 is 0 Å². The molecule has 1 saturated heterocycles. The Labute approximate surface area is 183 Å². The quantitative estimate of drug-likeness (QED) is 0.616. The van der Waals surface area contributed by atoms with Gasteiger partial charge in [-0.15, -0.1) is 0 Å². The maximum atomic E-state index is 13.3. The number of hydrogen-bond acceptors (Lipinski definition) is 2. The van der Waals surface area contributed by atoms with Gasteiger partial charge >= 0.3 is 0 Å². The summed E-state index contributed by atoms with van der Waals surface area (Å²) in [7, 11) is 0. The number of halogens is 1. The molecule has 31 heavy (non-hydrogen) atoms. The summed E-state index contributed by atoms with van der Waals surface area (Å²) in [6.07, 6.45) is 1.08. The van der Waals surface area contributed by atoms with Crippen LogP contribution in [0.5, 0.6) is 0 Å².